The Bertz CT molecular complexity index is 676. The molecule has 0 heterocycles. The van der Waals surface area contributed by atoms with Crippen molar-refractivity contribution in [1.29, 1.82) is 0 Å². The van der Waals surface area contributed by atoms with Crippen LogP contribution in [0.3, 0.4) is 0 Å². The molecule has 0 heteroatoms. The monoisotopic (exact) mass is 396 g/mol. The molecule has 3 fully saturated rings. The summed E-state index contributed by atoms with van der Waals surface area (Å²) in [5.41, 5.74) is 5.06. The third-order valence-corrected chi connectivity index (χ3v) is 10.4. The van der Waals surface area contributed by atoms with Crippen LogP contribution in [0.25, 0.3) is 0 Å². The number of hydrogen-bond acceptors (Lipinski definition) is 0. The first-order valence-electron chi connectivity index (χ1n) is 13.0. The van der Waals surface area contributed by atoms with Crippen molar-refractivity contribution < 1.29 is 0 Å². The van der Waals surface area contributed by atoms with Crippen LogP contribution in [0.2, 0.25) is 0 Å². The van der Waals surface area contributed by atoms with Gasteiger partial charge >= 0.3 is 0 Å². The number of hydrogen-bond donors (Lipinski definition) is 0. The molecule has 0 nitrogen and oxygen atoms in total. The third kappa shape index (κ3) is 3.49. The molecule has 0 saturated heterocycles. The first kappa shape index (κ1) is 21.7. The Morgan fingerprint density at radius 2 is 1.62 bits per heavy atom. The van der Waals surface area contributed by atoms with Gasteiger partial charge in [-0.3, -0.25) is 0 Å². The summed E-state index contributed by atoms with van der Waals surface area (Å²) in [7, 11) is 0. The highest BCUT2D eigenvalue weighted by atomic mass is 14.6. The second kappa shape index (κ2) is 7.56. The van der Waals surface area contributed by atoms with Crippen LogP contribution < -0.4 is 0 Å². The maximum absolute atomic E-state index is 2.69. The van der Waals surface area contributed by atoms with Crippen LogP contribution in [0.15, 0.2) is 23.3 Å². The summed E-state index contributed by atoms with van der Waals surface area (Å²) in [4.78, 5) is 0. The Kier molecular flexibility index (Phi) is 5.66. The zero-order valence-electron chi connectivity index (χ0n) is 20.6. The van der Waals surface area contributed by atoms with Gasteiger partial charge in [0.05, 0.1) is 0 Å². The van der Waals surface area contributed by atoms with Crippen LogP contribution in [0.5, 0.6) is 0 Å². The van der Waals surface area contributed by atoms with Crippen LogP contribution in [-0.2, 0) is 0 Å². The summed E-state index contributed by atoms with van der Waals surface area (Å²) in [5, 5.41) is 0. The van der Waals surface area contributed by atoms with E-state index in [1.807, 2.05) is 5.57 Å². The average Bonchev–Trinajstić information content (AvgIpc) is 2.98. The molecule has 0 aromatic carbocycles. The Hall–Kier alpha value is -0.520. The van der Waals surface area contributed by atoms with Crippen molar-refractivity contribution in [1.82, 2.24) is 0 Å². The molecule has 0 spiro atoms. The van der Waals surface area contributed by atoms with E-state index in [0.29, 0.717) is 16.2 Å². The summed E-state index contributed by atoms with van der Waals surface area (Å²) < 4.78 is 0. The zero-order chi connectivity index (χ0) is 21.0. The van der Waals surface area contributed by atoms with Crippen LogP contribution in [0, 0.1) is 45.8 Å². The first-order valence-corrected chi connectivity index (χ1v) is 13.0. The van der Waals surface area contributed by atoms with Crippen molar-refractivity contribution in [2.75, 3.05) is 0 Å². The minimum Gasteiger partial charge on any atom is -0.0628 e. The molecular weight excluding hydrogens is 348 g/mol. The topological polar surface area (TPSA) is 0 Å². The van der Waals surface area contributed by atoms with E-state index in [9.17, 15) is 0 Å². The zero-order valence-corrected chi connectivity index (χ0v) is 20.6. The van der Waals surface area contributed by atoms with E-state index in [2.05, 4.69) is 60.6 Å². The van der Waals surface area contributed by atoms with Gasteiger partial charge in [-0.25, -0.2) is 0 Å². The predicted octanol–water partition coefficient (Wildman–Crippen LogP) is 8.97. The first-order chi connectivity index (χ1) is 13.6. The molecule has 0 radical (unpaired) electrons. The van der Waals surface area contributed by atoms with E-state index in [0.717, 1.165) is 29.6 Å². The second-order valence-electron chi connectivity index (χ2n) is 13.0. The van der Waals surface area contributed by atoms with E-state index in [1.54, 1.807) is 5.57 Å². The van der Waals surface area contributed by atoms with Gasteiger partial charge in [0, 0.05) is 0 Å². The Balaban J connectivity index is 1.57. The molecule has 0 N–H and O–H groups in total. The van der Waals surface area contributed by atoms with Gasteiger partial charge in [-0.05, 0) is 84.4 Å². The Labute approximate surface area is 182 Å². The quantitative estimate of drug-likeness (QED) is 0.435. The van der Waals surface area contributed by atoms with Crippen molar-refractivity contribution >= 4 is 0 Å². The minimum atomic E-state index is 0.402. The van der Waals surface area contributed by atoms with Crippen molar-refractivity contribution in [2.45, 2.75) is 113 Å². The van der Waals surface area contributed by atoms with Gasteiger partial charge in [-0.1, -0.05) is 97.4 Å². The van der Waals surface area contributed by atoms with Gasteiger partial charge in [0.1, 0.15) is 0 Å². The predicted molar refractivity (Wildman–Crippen MR) is 127 cm³/mol. The highest BCUT2D eigenvalue weighted by molar-refractivity contribution is 5.41. The molecule has 164 valence electrons. The highest BCUT2D eigenvalue weighted by Gasteiger charge is 2.57. The molecule has 0 bridgehead atoms. The van der Waals surface area contributed by atoms with Gasteiger partial charge in [0.25, 0.3) is 0 Å². The Morgan fingerprint density at radius 1 is 0.862 bits per heavy atom. The number of fused-ring (bicyclic) bond motifs is 5. The lowest BCUT2D eigenvalue weighted by Crippen LogP contribution is -2.48. The van der Waals surface area contributed by atoms with Gasteiger partial charge in [-0.15, -0.1) is 0 Å². The van der Waals surface area contributed by atoms with Crippen LogP contribution in [0.4, 0.5) is 0 Å². The SMILES string of the molecule is CC(C)CCC[C@@H](C)[C@H]1CC[C@H]2C3=CC=C4C(C)(C)CCC[C@]4(C)[C@H]3CC[C@]12C. The van der Waals surface area contributed by atoms with Crippen molar-refractivity contribution in [3.63, 3.8) is 0 Å². The standard InChI is InChI=1S/C29H48/c1-20(2)10-8-11-21(3)23-13-14-24-22-12-15-26-27(4,5)17-9-18-29(26,7)25(22)16-19-28(23,24)6/h12,15,20-21,23-25H,8-11,13-14,16-19H2,1-7H3/t21-,23-,24+,25+,28-,29-/m1/s1. The van der Waals surface area contributed by atoms with E-state index in [-0.39, 0.29) is 0 Å². The van der Waals surface area contributed by atoms with Gasteiger partial charge < -0.3 is 0 Å². The molecule has 4 aliphatic rings. The fourth-order valence-corrected chi connectivity index (χ4v) is 8.84. The summed E-state index contributed by atoms with van der Waals surface area (Å²) in [6.45, 7) is 17.7. The fourth-order valence-electron chi connectivity index (χ4n) is 8.84. The highest BCUT2D eigenvalue weighted by Crippen LogP contribution is 2.67. The molecule has 6 atom stereocenters. The van der Waals surface area contributed by atoms with Gasteiger partial charge in [0.15, 0.2) is 0 Å². The third-order valence-electron chi connectivity index (χ3n) is 10.4. The molecule has 0 aromatic heterocycles. The van der Waals surface area contributed by atoms with E-state index >= 15 is 0 Å². The van der Waals surface area contributed by atoms with Crippen LogP contribution in [0.1, 0.15) is 113 Å². The summed E-state index contributed by atoms with van der Waals surface area (Å²) in [5.74, 6) is 4.40. The smallest absolute Gasteiger partial charge is 0.00423 e. The molecular formula is C29H48. The summed E-state index contributed by atoms with van der Waals surface area (Å²) >= 11 is 0. The minimum absolute atomic E-state index is 0.402. The number of allylic oxidation sites excluding steroid dienone is 4. The molecule has 4 rings (SSSR count). The molecule has 3 saturated carbocycles. The maximum atomic E-state index is 2.69. The normalized spacial score (nSPS) is 41.9. The lowest BCUT2D eigenvalue weighted by molar-refractivity contribution is 0.0374. The van der Waals surface area contributed by atoms with Crippen molar-refractivity contribution in [3.8, 4) is 0 Å². The fraction of sp³-hybridized carbons (Fsp3) is 0.862. The van der Waals surface area contributed by atoms with E-state index in [4.69, 9.17) is 0 Å². The lowest BCUT2D eigenvalue weighted by Gasteiger charge is -2.57. The second-order valence-corrected chi connectivity index (χ2v) is 13.0. The average molecular weight is 397 g/mol. The largest absolute Gasteiger partial charge is 0.0628 e. The van der Waals surface area contributed by atoms with Crippen LogP contribution in [-0.4, -0.2) is 0 Å². The Morgan fingerprint density at radius 3 is 2.34 bits per heavy atom. The maximum Gasteiger partial charge on any atom is -0.00423 e. The van der Waals surface area contributed by atoms with E-state index in [1.165, 1.54) is 64.2 Å². The summed E-state index contributed by atoms with van der Waals surface area (Å²) in [6, 6.07) is 0. The molecule has 0 aromatic rings. The number of rotatable bonds is 5. The van der Waals surface area contributed by atoms with Crippen LogP contribution >= 0.6 is 0 Å². The molecule has 0 aliphatic heterocycles. The van der Waals surface area contributed by atoms with E-state index < -0.39 is 0 Å². The summed E-state index contributed by atoms with van der Waals surface area (Å²) in [6.07, 6.45) is 19.6. The van der Waals surface area contributed by atoms with Gasteiger partial charge in [0.2, 0.25) is 0 Å². The molecule has 29 heavy (non-hydrogen) atoms. The lowest BCUT2D eigenvalue weighted by atomic mass is 9.47. The molecule has 0 amide bonds. The van der Waals surface area contributed by atoms with Crippen molar-refractivity contribution in [2.24, 2.45) is 45.8 Å². The molecule has 4 aliphatic carbocycles. The van der Waals surface area contributed by atoms with Crippen molar-refractivity contribution in [3.05, 3.63) is 23.3 Å². The van der Waals surface area contributed by atoms with Gasteiger partial charge in [-0.2, -0.15) is 0 Å². The molecule has 0 unspecified atom stereocenters.